The van der Waals surface area contributed by atoms with Crippen LogP contribution in [0.5, 0.6) is 0 Å². The fourth-order valence-corrected chi connectivity index (χ4v) is 3.35. The number of hydrogen-bond donors (Lipinski definition) is 2. The van der Waals surface area contributed by atoms with E-state index in [0.29, 0.717) is 10.9 Å². The molecule has 0 saturated heterocycles. The van der Waals surface area contributed by atoms with Gasteiger partial charge in [0.2, 0.25) is 0 Å². The van der Waals surface area contributed by atoms with E-state index in [-0.39, 0.29) is 6.04 Å². The molecule has 0 heterocycles. The van der Waals surface area contributed by atoms with Crippen molar-refractivity contribution in [3.63, 3.8) is 0 Å². The number of hydrogen-bond acceptors (Lipinski definition) is 2. The van der Waals surface area contributed by atoms with Crippen LogP contribution in [0.15, 0.2) is 18.2 Å². The van der Waals surface area contributed by atoms with E-state index in [4.69, 9.17) is 17.3 Å². The zero-order chi connectivity index (χ0) is 13.1. The van der Waals surface area contributed by atoms with Crippen LogP contribution < -0.4 is 5.73 Å². The van der Waals surface area contributed by atoms with Crippen molar-refractivity contribution in [1.29, 1.82) is 0 Å². The summed E-state index contributed by atoms with van der Waals surface area (Å²) >= 11 is 6.22. The van der Waals surface area contributed by atoms with Crippen LogP contribution in [0.4, 0.5) is 0 Å². The van der Waals surface area contributed by atoms with Crippen LogP contribution in [0.1, 0.15) is 49.3 Å². The van der Waals surface area contributed by atoms with Gasteiger partial charge in [0.05, 0.1) is 12.1 Å². The largest absolute Gasteiger partial charge is 0.391 e. The zero-order valence-electron chi connectivity index (χ0n) is 10.9. The summed E-state index contributed by atoms with van der Waals surface area (Å²) in [6, 6.07) is 5.38. The number of nitrogens with two attached hydrogens (primary N) is 1. The third-order valence-corrected chi connectivity index (χ3v) is 4.43. The van der Waals surface area contributed by atoms with Crippen molar-refractivity contribution in [1.82, 2.24) is 0 Å². The van der Waals surface area contributed by atoms with Gasteiger partial charge in [0.25, 0.3) is 0 Å². The molecule has 0 bridgehead atoms. The Bertz CT molecular complexity index is 381. The Hall–Kier alpha value is -0.570. The van der Waals surface area contributed by atoms with Gasteiger partial charge in [0, 0.05) is 5.02 Å². The fourth-order valence-electron chi connectivity index (χ4n) is 3.01. The van der Waals surface area contributed by atoms with Crippen molar-refractivity contribution in [2.75, 3.05) is 0 Å². The highest BCUT2D eigenvalue weighted by Gasteiger charge is 2.29. The van der Waals surface area contributed by atoms with Crippen LogP contribution in [0.25, 0.3) is 0 Å². The molecular formula is C15H22ClNO. The Balaban J connectivity index is 2.16. The maximum Gasteiger partial charge on any atom is 0.0761 e. The molecule has 0 spiro atoms. The van der Waals surface area contributed by atoms with Gasteiger partial charge < -0.3 is 10.8 Å². The van der Waals surface area contributed by atoms with Crippen LogP contribution in [-0.4, -0.2) is 11.2 Å². The van der Waals surface area contributed by atoms with Crippen molar-refractivity contribution in [2.24, 2.45) is 11.7 Å². The minimum atomic E-state index is -0.483. The zero-order valence-corrected chi connectivity index (χ0v) is 11.7. The van der Waals surface area contributed by atoms with Crippen molar-refractivity contribution in [3.05, 3.63) is 34.3 Å². The van der Waals surface area contributed by atoms with Crippen molar-refractivity contribution in [2.45, 2.75) is 51.2 Å². The van der Waals surface area contributed by atoms with Gasteiger partial charge in [0.15, 0.2) is 0 Å². The Kier molecular flexibility index (Phi) is 4.66. The van der Waals surface area contributed by atoms with E-state index in [1.807, 2.05) is 25.1 Å². The highest BCUT2D eigenvalue weighted by Crippen LogP contribution is 2.34. The Morgan fingerprint density at radius 3 is 2.56 bits per heavy atom. The minimum absolute atomic E-state index is 0.324. The van der Waals surface area contributed by atoms with Gasteiger partial charge in [0.1, 0.15) is 0 Å². The third kappa shape index (κ3) is 2.87. The van der Waals surface area contributed by atoms with E-state index in [1.54, 1.807) is 0 Å². The van der Waals surface area contributed by atoms with Crippen LogP contribution in [-0.2, 0) is 0 Å². The summed E-state index contributed by atoms with van der Waals surface area (Å²) in [4.78, 5) is 0. The Morgan fingerprint density at radius 2 is 1.94 bits per heavy atom. The molecule has 2 atom stereocenters. The number of rotatable bonds is 3. The molecule has 1 aliphatic rings. The van der Waals surface area contributed by atoms with Crippen molar-refractivity contribution >= 4 is 11.6 Å². The minimum Gasteiger partial charge on any atom is -0.391 e. The molecule has 0 radical (unpaired) electrons. The molecule has 0 amide bonds. The first-order valence-electron chi connectivity index (χ1n) is 6.80. The molecule has 100 valence electrons. The SMILES string of the molecule is Cc1cccc(Cl)c1[C@@H](N)[C@@H](O)C1CCCCC1. The average Bonchev–Trinajstić information content (AvgIpc) is 2.38. The molecule has 1 saturated carbocycles. The van der Waals surface area contributed by atoms with Crippen molar-refractivity contribution < 1.29 is 5.11 Å². The number of aliphatic hydroxyl groups excluding tert-OH is 1. The molecule has 1 aliphatic carbocycles. The first-order chi connectivity index (χ1) is 8.61. The van der Waals surface area contributed by atoms with Crippen LogP contribution >= 0.6 is 11.6 Å². The lowest BCUT2D eigenvalue weighted by Crippen LogP contribution is -2.34. The highest BCUT2D eigenvalue weighted by molar-refractivity contribution is 6.31. The molecular weight excluding hydrogens is 246 g/mol. The molecule has 1 aromatic rings. The number of halogens is 1. The maximum atomic E-state index is 10.5. The van der Waals surface area contributed by atoms with Gasteiger partial charge in [-0.2, -0.15) is 0 Å². The van der Waals surface area contributed by atoms with E-state index in [0.717, 1.165) is 24.0 Å². The monoisotopic (exact) mass is 267 g/mol. The van der Waals surface area contributed by atoms with Crippen LogP contribution in [0, 0.1) is 12.8 Å². The van der Waals surface area contributed by atoms with E-state index in [9.17, 15) is 5.11 Å². The summed E-state index contributed by atoms with van der Waals surface area (Å²) in [5.41, 5.74) is 8.20. The normalized spacial score (nSPS) is 20.7. The lowest BCUT2D eigenvalue weighted by atomic mass is 9.81. The first kappa shape index (κ1) is 13.9. The van der Waals surface area contributed by atoms with Crippen LogP contribution in [0.2, 0.25) is 5.02 Å². The van der Waals surface area contributed by atoms with Crippen LogP contribution in [0.3, 0.4) is 0 Å². The maximum absolute atomic E-state index is 10.5. The lowest BCUT2D eigenvalue weighted by molar-refractivity contribution is 0.0616. The summed E-state index contributed by atoms with van der Waals surface area (Å²) in [5.74, 6) is 0.324. The molecule has 0 aromatic heterocycles. The van der Waals surface area contributed by atoms with Gasteiger partial charge in [-0.3, -0.25) is 0 Å². The first-order valence-corrected chi connectivity index (χ1v) is 7.17. The third-order valence-electron chi connectivity index (χ3n) is 4.11. The molecule has 3 N–H and O–H groups in total. The van der Waals surface area contributed by atoms with Crippen molar-refractivity contribution in [3.8, 4) is 0 Å². The second-order valence-corrected chi connectivity index (χ2v) is 5.79. The number of benzene rings is 1. The standard InChI is InChI=1S/C15H22ClNO/c1-10-6-5-9-12(16)13(10)14(17)15(18)11-7-3-2-4-8-11/h5-6,9,11,14-15,18H,2-4,7-8,17H2,1H3/t14-,15+/m1/s1. The smallest absolute Gasteiger partial charge is 0.0761 e. The molecule has 0 unspecified atom stereocenters. The van der Waals surface area contributed by atoms with E-state index in [1.165, 1.54) is 19.3 Å². The van der Waals surface area contributed by atoms with Gasteiger partial charge in [-0.1, -0.05) is 43.0 Å². The molecule has 1 fully saturated rings. The summed E-state index contributed by atoms with van der Waals surface area (Å²) in [6.07, 6.45) is 5.37. The molecule has 18 heavy (non-hydrogen) atoms. The molecule has 1 aromatic carbocycles. The van der Waals surface area contributed by atoms with Gasteiger partial charge in [-0.05, 0) is 42.9 Å². The fraction of sp³-hybridized carbons (Fsp3) is 0.600. The predicted octanol–water partition coefficient (Wildman–Crippen LogP) is 3.59. The summed E-state index contributed by atoms with van der Waals surface area (Å²) in [7, 11) is 0. The molecule has 2 nitrogen and oxygen atoms in total. The summed E-state index contributed by atoms with van der Waals surface area (Å²) in [5, 5.41) is 11.1. The highest BCUT2D eigenvalue weighted by atomic mass is 35.5. The second kappa shape index (κ2) is 6.05. The van der Waals surface area contributed by atoms with E-state index in [2.05, 4.69) is 0 Å². The summed E-state index contributed by atoms with van der Waals surface area (Å²) < 4.78 is 0. The number of aliphatic hydroxyl groups is 1. The number of aryl methyl sites for hydroxylation is 1. The van der Waals surface area contributed by atoms with Gasteiger partial charge in [-0.15, -0.1) is 0 Å². The van der Waals surface area contributed by atoms with Gasteiger partial charge >= 0.3 is 0 Å². The Labute approximate surface area is 114 Å². The Morgan fingerprint density at radius 1 is 1.28 bits per heavy atom. The molecule has 0 aliphatic heterocycles. The molecule has 2 rings (SSSR count). The molecule has 3 heteroatoms. The topological polar surface area (TPSA) is 46.2 Å². The quantitative estimate of drug-likeness (QED) is 0.879. The van der Waals surface area contributed by atoms with Gasteiger partial charge in [-0.25, -0.2) is 0 Å². The average molecular weight is 268 g/mol. The van der Waals surface area contributed by atoms with E-state index < -0.39 is 6.10 Å². The summed E-state index contributed by atoms with van der Waals surface area (Å²) in [6.45, 7) is 1.99. The predicted molar refractivity (Wildman–Crippen MR) is 75.7 cm³/mol. The van der Waals surface area contributed by atoms with E-state index >= 15 is 0 Å². The second-order valence-electron chi connectivity index (χ2n) is 5.38. The lowest BCUT2D eigenvalue weighted by Gasteiger charge is -2.31.